The van der Waals surface area contributed by atoms with Crippen LogP contribution in [0.4, 0.5) is 0 Å². The Hall–Kier alpha value is -7.00. The number of benzene rings is 9. The van der Waals surface area contributed by atoms with Gasteiger partial charge in [-0.15, -0.1) is 11.5 Å². The Kier molecular flexibility index (Phi) is 18.1. The first-order valence-electron chi connectivity index (χ1n) is 29.5. The van der Waals surface area contributed by atoms with Gasteiger partial charge in [-0.25, -0.2) is 0 Å². The molecule has 1 heteroatoms. The zero-order valence-corrected chi connectivity index (χ0v) is 48.8. The van der Waals surface area contributed by atoms with Crippen LogP contribution in [0.5, 0.6) is 0 Å². The van der Waals surface area contributed by atoms with Crippen LogP contribution >= 0.6 is 0 Å². The molecule has 0 N–H and O–H groups in total. The highest BCUT2D eigenvalue weighted by Gasteiger charge is 2.41. The quantitative estimate of drug-likeness (QED) is 0.0369. The number of aryl methyl sites for hydroxylation is 2. The second kappa shape index (κ2) is 25.4. The van der Waals surface area contributed by atoms with Gasteiger partial charge in [0.1, 0.15) is 8.07 Å². The molecule has 9 rings (SSSR count). The van der Waals surface area contributed by atoms with Gasteiger partial charge in [-0.1, -0.05) is 228 Å². The predicted molar refractivity (Wildman–Crippen MR) is 341 cm³/mol. The summed E-state index contributed by atoms with van der Waals surface area (Å²) < 4.78 is 0. The first kappa shape index (κ1) is 54.8. The molecule has 9 aromatic rings. The summed E-state index contributed by atoms with van der Waals surface area (Å²) in [5, 5.41) is 14.8. The van der Waals surface area contributed by atoms with Crippen molar-refractivity contribution in [2.75, 3.05) is 0 Å². The fraction of sp³-hybridized carbons (Fsp3) is 0.342. The van der Waals surface area contributed by atoms with Crippen molar-refractivity contribution in [1.82, 2.24) is 0 Å². The van der Waals surface area contributed by atoms with Gasteiger partial charge in [0.2, 0.25) is 0 Å². The third-order valence-electron chi connectivity index (χ3n) is 16.9. The molecule has 0 bridgehead atoms. The van der Waals surface area contributed by atoms with Crippen LogP contribution in [0.1, 0.15) is 184 Å². The Morgan fingerprint density at radius 1 is 0.325 bits per heavy atom. The highest BCUT2D eigenvalue weighted by Crippen LogP contribution is 2.42. The minimum absolute atomic E-state index is 0.575. The van der Waals surface area contributed by atoms with Gasteiger partial charge in [0.15, 0.2) is 0 Å². The summed E-state index contributed by atoms with van der Waals surface area (Å²) in [6.45, 7) is 20.9. The molecule has 0 aliphatic rings. The van der Waals surface area contributed by atoms with Gasteiger partial charge in [0, 0.05) is 33.4 Å². The molecular formula is C76H80Si. The van der Waals surface area contributed by atoms with Crippen LogP contribution in [-0.4, -0.2) is 8.07 Å². The Balaban J connectivity index is 1.16. The Morgan fingerprint density at radius 2 is 0.636 bits per heavy atom. The number of unbranched alkanes of at least 4 members (excludes halogenated alkanes) is 10. The Bertz CT molecular complexity index is 3850. The molecule has 388 valence electrons. The molecule has 0 spiro atoms. The van der Waals surface area contributed by atoms with Gasteiger partial charge < -0.3 is 0 Å². The van der Waals surface area contributed by atoms with Crippen LogP contribution < -0.4 is 0 Å². The summed E-state index contributed by atoms with van der Waals surface area (Å²) in [6.07, 6.45) is 17.3. The van der Waals surface area contributed by atoms with Crippen molar-refractivity contribution in [2.24, 2.45) is 0 Å². The summed E-state index contributed by atoms with van der Waals surface area (Å²) in [5.74, 6) is 25.5. The van der Waals surface area contributed by atoms with Gasteiger partial charge in [-0.3, -0.25) is 0 Å². The molecule has 0 fully saturated rings. The number of hydrogen-bond acceptors (Lipinski definition) is 0. The van der Waals surface area contributed by atoms with Crippen LogP contribution in [-0.2, 0) is 12.8 Å². The van der Waals surface area contributed by atoms with Crippen molar-refractivity contribution in [2.45, 2.75) is 169 Å². The standard InChI is InChI=1S/C76H80Si/c1-10-13-15-17-19-21-38-65-67-40-25-32-57(29-12-3)73(67)52-74-60(34-27-41-68(65)74)46-47-61-35-28-43-70-66(39-22-20-18-16-14-11-2)69-42-26-33-59(75(69)53-76(61)70)45-44-58-30-23-36-63-50-64-37-24-31-62(72(64)51-71(58)63)48-49-77(54(4)5,55(6)7)56(8)9/h23-28,30-37,40-43,50-56H,10-11,13-22,38-39H2,1-9H3. The molecule has 0 aromatic heterocycles. The minimum atomic E-state index is -1.92. The lowest BCUT2D eigenvalue weighted by Gasteiger charge is -2.38. The highest BCUT2D eigenvalue weighted by atomic mass is 28.3. The molecule has 0 heterocycles. The second-order valence-corrected chi connectivity index (χ2v) is 28.4. The number of fused-ring (bicyclic) bond motifs is 6. The van der Waals surface area contributed by atoms with E-state index in [1.54, 1.807) is 0 Å². The molecule has 0 aliphatic carbocycles. The molecule has 0 radical (unpaired) electrons. The first-order chi connectivity index (χ1) is 37.6. The lowest BCUT2D eigenvalue weighted by Crippen LogP contribution is -2.43. The van der Waals surface area contributed by atoms with Crippen LogP contribution in [0.2, 0.25) is 16.6 Å². The zero-order chi connectivity index (χ0) is 53.9. The van der Waals surface area contributed by atoms with Gasteiger partial charge in [0.05, 0.1) is 0 Å². The smallest absolute Gasteiger partial charge is 0.125 e. The third kappa shape index (κ3) is 11.8. The van der Waals surface area contributed by atoms with E-state index in [2.05, 4.69) is 236 Å². The topological polar surface area (TPSA) is 0 Å². The van der Waals surface area contributed by atoms with E-state index in [1.165, 1.54) is 146 Å². The van der Waals surface area contributed by atoms with E-state index in [1.807, 2.05) is 6.92 Å². The number of rotatable bonds is 17. The van der Waals surface area contributed by atoms with Crippen LogP contribution in [0, 0.1) is 47.0 Å². The normalized spacial score (nSPS) is 11.6. The molecule has 0 saturated carbocycles. The lowest BCUT2D eigenvalue weighted by atomic mass is 9.89. The zero-order valence-electron chi connectivity index (χ0n) is 47.8. The second-order valence-electron chi connectivity index (χ2n) is 22.8. The third-order valence-corrected chi connectivity index (χ3v) is 23.2. The van der Waals surface area contributed by atoms with Crippen molar-refractivity contribution in [3.8, 4) is 47.0 Å². The minimum Gasteiger partial charge on any atom is -0.125 e. The average molecular weight is 1020 g/mol. The van der Waals surface area contributed by atoms with E-state index < -0.39 is 8.07 Å². The molecule has 0 saturated heterocycles. The van der Waals surface area contributed by atoms with E-state index in [0.717, 1.165) is 52.6 Å². The molecule has 0 amide bonds. The van der Waals surface area contributed by atoms with Gasteiger partial charge in [-0.05, 0) is 186 Å². The van der Waals surface area contributed by atoms with Crippen molar-refractivity contribution in [3.63, 3.8) is 0 Å². The maximum absolute atomic E-state index is 4.01. The monoisotopic (exact) mass is 1020 g/mol. The fourth-order valence-electron chi connectivity index (χ4n) is 12.9. The summed E-state index contributed by atoms with van der Waals surface area (Å²) in [7, 11) is -1.92. The summed E-state index contributed by atoms with van der Waals surface area (Å²) >= 11 is 0. The maximum atomic E-state index is 4.01. The molecule has 77 heavy (non-hydrogen) atoms. The van der Waals surface area contributed by atoms with E-state index in [4.69, 9.17) is 0 Å². The van der Waals surface area contributed by atoms with Crippen molar-refractivity contribution >= 4 is 72.7 Å². The molecule has 0 nitrogen and oxygen atoms in total. The lowest BCUT2D eigenvalue weighted by molar-refractivity contribution is 0.609. The first-order valence-corrected chi connectivity index (χ1v) is 31.7. The van der Waals surface area contributed by atoms with E-state index in [-0.39, 0.29) is 0 Å². The maximum Gasteiger partial charge on any atom is 0.146 e. The SMILES string of the molecule is CC#Cc1cccc2c(CCCCCCCC)c3cccc(C#Cc4cccc5c(CCCCCCCC)c6cccc(C#Cc7cccc8cc9cccc(C#C[Si](C(C)C)(C(C)C)C(C)C)c9cc78)c6cc45)c3cc12. The summed E-state index contributed by atoms with van der Waals surface area (Å²) in [4.78, 5) is 0. The molecule has 9 aromatic carbocycles. The molecule has 0 unspecified atom stereocenters. The number of hydrogen-bond donors (Lipinski definition) is 0. The van der Waals surface area contributed by atoms with E-state index in [9.17, 15) is 0 Å². The van der Waals surface area contributed by atoms with E-state index in [0.29, 0.717) is 16.6 Å². The van der Waals surface area contributed by atoms with Crippen LogP contribution in [0.15, 0.2) is 133 Å². The Labute approximate surface area is 463 Å². The predicted octanol–water partition coefficient (Wildman–Crippen LogP) is 21.2. The largest absolute Gasteiger partial charge is 0.146 e. The average Bonchev–Trinajstić information content (AvgIpc) is 3.43. The van der Waals surface area contributed by atoms with Crippen molar-refractivity contribution < 1.29 is 0 Å². The van der Waals surface area contributed by atoms with Crippen molar-refractivity contribution in [3.05, 3.63) is 178 Å². The molecule has 0 atom stereocenters. The van der Waals surface area contributed by atoms with Gasteiger partial charge in [0.25, 0.3) is 0 Å². The molecular weight excluding hydrogens is 941 g/mol. The van der Waals surface area contributed by atoms with Crippen molar-refractivity contribution in [1.29, 1.82) is 0 Å². The van der Waals surface area contributed by atoms with Gasteiger partial charge >= 0.3 is 0 Å². The Morgan fingerprint density at radius 3 is 1.00 bits per heavy atom. The van der Waals surface area contributed by atoms with Gasteiger partial charge in [-0.2, -0.15) is 0 Å². The molecule has 0 aliphatic heterocycles. The van der Waals surface area contributed by atoms with Crippen LogP contribution in [0.3, 0.4) is 0 Å². The summed E-state index contributed by atoms with van der Waals surface area (Å²) in [6, 6.07) is 49.5. The van der Waals surface area contributed by atoms with Crippen LogP contribution in [0.25, 0.3) is 64.6 Å². The fourth-order valence-corrected chi connectivity index (χ4v) is 18.2. The highest BCUT2D eigenvalue weighted by molar-refractivity contribution is 6.90. The van der Waals surface area contributed by atoms with E-state index >= 15 is 0 Å². The summed E-state index contributed by atoms with van der Waals surface area (Å²) in [5.41, 5.74) is 15.0.